The third kappa shape index (κ3) is 5.80. The zero-order valence-electron chi connectivity index (χ0n) is 13.2. The summed E-state index contributed by atoms with van der Waals surface area (Å²) in [5.74, 6) is 0.780. The van der Waals surface area contributed by atoms with Crippen molar-refractivity contribution in [2.75, 3.05) is 30.4 Å². The van der Waals surface area contributed by atoms with Gasteiger partial charge in [-0.3, -0.25) is 5.32 Å². The maximum Gasteiger partial charge on any atom is 0.321 e. The minimum Gasteiger partial charge on any atom is -0.373 e. The summed E-state index contributed by atoms with van der Waals surface area (Å²) in [6.07, 6.45) is 1.82. The molecule has 0 saturated carbocycles. The van der Waals surface area contributed by atoms with Gasteiger partial charge in [-0.15, -0.1) is 0 Å². The van der Waals surface area contributed by atoms with Crippen LogP contribution in [0.15, 0.2) is 28.7 Å². The van der Waals surface area contributed by atoms with E-state index in [1.54, 1.807) is 0 Å². The fourth-order valence-corrected chi connectivity index (χ4v) is 2.81. The Bertz CT molecular complexity index is 631. The molecule has 2 amide bonds. The Hall–Kier alpha value is -1.67. The molecule has 0 radical (unpaired) electrons. The van der Waals surface area contributed by atoms with Crippen LogP contribution in [0.2, 0.25) is 0 Å². The number of urea groups is 1. The second-order valence-corrected chi connectivity index (χ2v) is 6.71. The predicted molar refractivity (Wildman–Crippen MR) is 98.3 cm³/mol. The summed E-state index contributed by atoms with van der Waals surface area (Å²) in [5, 5.41) is 6.07. The van der Waals surface area contributed by atoms with E-state index in [2.05, 4.69) is 47.7 Å². The van der Waals surface area contributed by atoms with Gasteiger partial charge >= 0.3 is 6.03 Å². The SMILES string of the molecule is CCCc1nsc(NC(=O)NCCN(C)c2ccc(Br)cc2)n1. The summed E-state index contributed by atoms with van der Waals surface area (Å²) in [6, 6.07) is 7.79. The van der Waals surface area contributed by atoms with Crippen LogP contribution in [0.4, 0.5) is 15.6 Å². The molecular formula is C15H20BrN5OS. The number of aromatic nitrogens is 2. The zero-order chi connectivity index (χ0) is 16.7. The van der Waals surface area contributed by atoms with E-state index >= 15 is 0 Å². The van der Waals surface area contributed by atoms with Crippen molar-refractivity contribution in [3.8, 4) is 0 Å². The zero-order valence-corrected chi connectivity index (χ0v) is 15.6. The molecule has 23 heavy (non-hydrogen) atoms. The summed E-state index contributed by atoms with van der Waals surface area (Å²) in [5.41, 5.74) is 1.10. The van der Waals surface area contributed by atoms with Gasteiger partial charge in [-0.2, -0.15) is 4.37 Å². The van der Waals surface area contributed by atoms with Crippen molar-refractivity contribution in [1.29, 1.82) is 0 Å². The Labute approximate surface area is 148 Å². The number of halogens is 1. The second kappa shape index (κ2) is 8.83. The van der Waals surface area contributed by atoms with Crippen LogP contribution in [0.5, 0.6) is 0 Å². The number of rotatable bonds is 7. The van der Waals surface area contributed by atoms with Crippen LogP contribution in [0.1, 0.15) is 19.2 Å². The van der Waals surface area contributed by atoms with Crippen molar-refractivity contribution < 1.29 is 4.79 Å². The maximum absolute atomic E-state index is 11.8. The van der Waals surface area contributed by atoms with Crippen LogP contribution in [0.25, 0.3) is 0 Å². The molecule has 2 aromatic rings. The Morgan fingerprint density at radius 1 is 1.35 bits per heavy atom. The van der Waals surface area contributed by atoms with Crippen molar-refractivity contribution in [3.63, 3.8) is 0 Å². The lowest BCUT2D eigenvalue weighted by Crippen LogP contribution is -2.35. The average Bonchev–Trinajstić information content (AvgIpc) is 2.95. The molecule has 0 spiro atoms. The first kappa shape index (κ1) is 17.7. The van der Waals surface area contributed by atoms with Crippen LogP contribution < -0.4 is 15.5 Å². The van der Waals surface area contributed by atoms with Crippen molar-refractivity contribution in [1.82, 2.24) is 14.7 Å². The summed E-state index contributed by atoms with van der Waals surface area (Å²) in [4.78, 5) is 18.2. The minimum atomic E-state index is -0.256. The molecule has 1 heterocycles. The van der Waals surface area contributed by atoms with E-state index in [1.165, 1.54) is 11.5 Å². The van der Waals surface area contributed by atoms with Crippen molar-refractivity contribution >= 4 is 44.3 Å². The lowest BCUT2D eigenvalue weighted by atomic mass is 10.3. The van der Waals surface area contributed by atoms with Gasteiger partial charge in [0.25, 0.3) is 0 Å². The number of nitrogens with zero attached hydrogens (tertiary/aromatic N) is 3. The number of aryl methyl sites for hydroxylation is 1. The Kier molecular flexibility index (Phi) is 6.79. The van der Waals surface area contributed by atoms with E-state index in [4.69, 9.17) is 0 Å². The number of likely N-dealkylation sites (N-methyl/N-ethyl adjacent to an activating group) is 1. The van der Waals surface area contributed by atoms with Gasteiger partial charge in [0.15, 0.2) is 0 Å². The average molecular weight is 398 g/mol. The van der Waals surface area contributed by atoms with E-state index in [1.807, 2.05) is 31.3 Å². The van der Waals surface area contributed by atoms with E-state index in [9.17, 15) is 4.79 Å². The number of hydrogen-bond donors (Lipinski definition) is 2. The van der Waals surface area contributed by atoms with Crippen LogP contribution in [0.3, 0.4) is 0 Å². The standard InChI is InChI=1S/C15H20BrN5OS/c1-3-4-13-18-15(23-20-13)19-14(22)17-9-10-21(2)12-7-5-11(16)6-8-12/h5-8H,3-4,9-10H2,1-2H3,(H2,17,18,19,20,22). The third-order valence-electron chi connectivity index (χ3n) is 3.16. The number of carbonyl (C=O) groups is 1. The van der Waals surface area contributed by atoms with Gasteiger partial charge in [-0.25, -0.2) is 9.78 Å². The van der Waals surface area contributed by atoms with Gasteiger partial charge in [-0.1, -0.05) is 22.9 Å². The molecular weight excluding hydrogens is 378 g/mol. The summed E-state index contributed by atoms with van der Waals surface area (Å²) in [7, 11) is 1.99. The first-order valence-corrected chi connectivity index (χ1v) is 8.99. The largest absolute Gasteiger partial charge is 0.373 e. The van der Waals surface area contributed by atoms with Gasteiger partial charge in [0.05, 0.1) is 0 Å². The first-order valence-electron chi connectivity index (χ1n) is 7.42. The number of benzene rings is 1. The van der Waals surface area contributed by atoms with E-state index in [0.29, 0.717) is 18.2 Å². The fraction of sp³-hybridized carbons (Fsp3) is 0.400. The molecule has 6 nitrogen and oxygen atoms in total. The Morgan fingerprint density at radius 2 is 2.09 bits per heavy atom. The van der Waals surface area contributed by atoms with E-state index in [0.717, 1.165) is 28.8 Å². The Balaban J connectivity index is 1.72. The highest BCUT2D eigenvalue weighted by molar-refractivity contribution is 9.10. The molecule has 2 rings (SSSR count). The summed E-state index contributed by atoms with van der Waals surface area (Å²) >= 11 is 4.62. The highest BCUT2D eigenvalue weighted by Crippen LogP contribution is 2.16. The highest BCUT2D eigenvalue weighted by atomic mass is 79.9. The van der Waals surface area contributed by atoms with Gasteiger partial charge in [0, 0.05) is 48.3 Å². The second-order valence-electron chi connectivity index (χ2n) is 5.04. The Morgan fingerprint density at radius 3 is 2.78 bits per heavy atom. The van der Waals surface area contributed by atoms with Crippen LogP contribution in [-0.2, 0) is 6.42 Å². The monoisotopic (exact) mass is 397 g/mol. The topological polar surface area (TPSA) is 70.2 Å². The smallest absolute Gasteiger partial charge is 0.321 e. The van der Waals surface area contributed by atoms with Gasteiger partial charge in [-0.05, 0) is 30.7 Å². The van der Waals surface area contributed by atoms with Crippen LogP contribution in [0, 0.1) is 0 Å². The van der Waals surface area contributed by atoms with Crippen molar-refractivity contribution in [2.24, 2.45) is 0 Å². The molecule has 0 atom stereocenters. The number of amides is 2. The molecule has 0 unspecified atom stereocenters. The van der Waals surface area contributed by atoms with Gasteiger partial charge in [0.1, 0.15) is 5.82 Å². The first-order chi connectivity index (χ1) is 11.1. The molecule has 0 bridgehead atoms. The molecule has 1 aromatic carbocycles. The quantitative estimate of drug-likeness (QED) is 0.749. The van der Waals surface area contributed by atoms with Crippen molar-refractivity contribution in [2.45, 2.75) is 19.8 Å². The maximum atomic E-state index is 11.8. The molecule has 0 fully saturated rings. The lowest BCUT2D eigenvalue weighted by Gasteiger charge is -2.19. The number of carbonyl (C=O) groups excluding carboxylic acids is 1. The highest BCUT2D eigenvalue weighted by Gasteiger charge is 2.07. The van der Waals surface area contributed by atoms with E-state index < -0.39 is 0 Å². The van der Waals surface area contributed by atoms with Gasteiger partial charge < -0.3 is 10.2 Å². The van der Waals surface area contributed by atoms with E-state index in [-0.39, 0.29) is 6.03 Å². The molecule has 0 saturated heterocycles. The molecule has 124 valence electrons. The molecule has 2 N–H and O–H groups in total. The predicted octanol–water partition coefficient (Wildman–Crippen LogP) is 3.51. The normalized spacial score (nSPS) is 10.4. The fourth-order valence-electron chi connectivity index (χ4n) is 1.93. The minimum absolute atomic E-state index is 0.256. The third-order valence-corrected chi connectivity index (χ3v) is 4.36. The summed E-state index contributed by atoms with van der Waals surface area (Å²) < 4.78 is 5.24. The van der Waals surface area contributed by atoms with Crippen molar-refractivity contribution in [3.05, 3.63) is 34.6 Å². The number of anilines is 2. The number of hydrogen-bond acceptors (Lipinski definition) is 5. The lowest BCUT2D eigenvalue weighted by molar-refractivity contribution is 0.252. The molecule has 0 aliphatic heterocycles. The molecule has 1 aromatic heterocycles. The molecule has 0 aliphatic carbocycles. The molecule has 8 heteroatoms. The number of nitrogens with one attached hydrogen (secondary N) is 2. The van der Waals surface area contributed by atoms with Crippen LogP contribution >= 0.6 is 27.5 Å². The van der Waals surface area contributed by atoms with Crippen LogP contribution in [-0.4, -0.2) is 35.5 Å². The molecule has 0 aliphatic rings. The van der Waals surface area contributed by atoms with Gasteiger partial charge in [0.2, 0.25) is 5.13 Å². The summed E-state index contributed by atoms with van der Waals surface area (Å²) in [6.45, 7) is 3.33.